The molecule has 0 amide bonds. The van der Waals surface area contributed by atoms with E-state index in [2.05, 4.69) is 0 Å². The van der Waals surface area contributed by atoms with Gasteiger partial charge in [-0.05, 0) is 44.0 Å². The number of carbonyl (C=O) groups excluding carboxylic acids is 2. The summed E-state index contributed by atoms with van der Waals surface area (Å²) in [6.45, 7) is 5.71. The molecule has 0 spiro atoms. The van der Waals surface area contributed by atoms with Crippen LogP contribution in [0.3, 0.4) is 0 Å². The molecule has 0 radical (unpaired) electrons. The van der Waals surface area contributed by atoms with Crippen LogP contribution in [-0.4, -0.2) is 18.9 Å². The molecule has 0 aromatic heterocycles. The SMILES string of the molecule is CCOC(=O)c1cc(C)c(C=O)cc1C. The van der Waals surface area contributed by atoms with Crippen molar-refractivity contribution in [3.8, 4) is 0 Å². The van der Waals surface area contributed by atoms with Crippen molar-refractivity contribution in [3.05, 3.63) is 34.4 Å². The lowest BCUT2D eigenvalue weighted by atomic mass is 10.0. The maximum atomic E-state index is 11.5. The van der Waals surface area contributed by atoms with Gasteiger partial charge in [0, 0.05) is 5.56 Å². The summed E-state index contributed by atoms with van der Waals surface area (Å²) in [4.78, 5) is 22.2. The van der Waals surface area contributed by atoms with E-state index in [1.54, 1.807) is 32.9 Å². The van der Waals surface area contributed by atoms with E-state index in [9.17, 15) is 9.59 Å². The Kier molecular flexibility index (Phi) is 3.61. The second-order valence-corrected chi connectivity index (χ2v) is 3.36. The first kappa shape index (κ1) is 11.4. The molecule has 3 heteroatoms. The predicted octanol–water partition coefficient (Wildman–Crippen LogP) is 2.29. The molecule has 0 saturated carbocycles. The zero-order valence-electron chi connectivity index (χ0n) is 9.16. The van der Waals surface area contributed by atoms with E-state index in [0.29, 0.717) is 17.7 Å². The van der Waals surface area contributed by atoms with Crippen LogP contribution in [0.1, 0.15) is 38.8 Å². The van der Waals surface area contributed by atoms with Gasteiger partial charge < -0.3 is 4.74 Å². The summed E-state index contributed by atoms with van der Waals surface area (Å²) in [5, 5.41) is 0. The van der Waals surface area contributed by atoms with Crippen molar-refractivity contribution in [1.29, 1.82) is 0 Å². The average Bonchev–Trinajstić information content (AvgIpc) is 2.21. The molecule has 3 nitrogen and oxygen atoms in total. The number of hydrogen-bond donors (Lipinski definition) is 0. The highest BCUT2D eigenvalue weighted by atomic mass is 16.5. The lowest BCUT2D eigenvalue weighted by Gasteiger charge is -2.08. The van der Waals surface area contributed by atoms with E-state index in [4.69, 9.17) is 4.74 Å². The van der Waals surface area contributed by atoms with E-state index < -0.39 is 0 Å². The third-order valence-corrected chi connectivity index (χ3v) is 2.24. The maximum absolute atomic E-state index is 11.5. The lowest BCUT2D eigenvalue weighted by Crippen LogP contribution is -2.08. The molecule has 0 fully saturated rings. The van der Waals surface area contributed by atoms with Crippen LogP contribution in [0.2, 0.25) is 0 Å². The Morgan fingerprint density at radius 1 is 1.33 bits per heavy atom. The molecule has 0 N–H and O–H groups in total. The summed E-state index contributed by atoms with van der Waals surface area (Å²) in [5.41, 5.74) is 2.69. The molecule has 0 aliphatic rings. The fraction of sp³-hybridized carbons (Fsp3) is 0.333. The molecule has 0 atom stereocenters. The zero-order chi connectivity index (χ0) is 11.4. The molecule has 1 aromatic rings. The van der Waals surface area contributed by atoms with Crippen molar-refractivity contribution in [3.63, 3.8) is 0 Å². The lowest BCUT2D eigenvalue weighted by molar-refractivity contribution is 0.0525. The second kappa shape index (κ2) is 4.73. The summed E-state index contributed by atoms with van der Waals surface area (Å²) < 4.78 is 4.91. The first-order valence-corrected chi connectivity index (χ1v) is 4.83. The standard InChI is InChI=1S/C12H14O3/c1-4-15-12(14)11-6-8(2)10(7-13)5-9(11)3/h5-7H,4H2,1-3H3. The van der Waals surface area contributed by atoms with Gasteiger partial charge in [-0.1, -0.05) is 0 Å². The minimum atomic E-state index is -0.337. The smallest absolute Gasteiger partial charge is 0.338 e. The molecule has 1 aromatic carbocycles. The fourth-order valence-electron chi connectivity index (χ4n) is 1.39. The van der Waals surface area contributed by atoms with E-state index >= 15 is 0 Å². The van der Waals surface area contributed by atoms with Crippen molar-refractivity contribution < 1.29 is 14.3 Å². The van der Waals surface area contributed by atoms with Gasteiger partial charge in [0.15, 0.2) is 0 Å². The number of hydrogen-bond acceptors (Lipinski definition) is 3. The normalized spacial score (nSPS) is 9.80. The Hall–Kier alpha value is -1.64. The van der Waals surface area contributed by atoms with Gasteiger partial charge in [-0.3, -0.25) is 4.79 Å². The van der Waals surface area contributed by atoms with Gasteiger partial charge in [0.1, 0.15) is 6.29 Å². The summed E-state index contributed by atoms with van der Waals surface area (Å²) in [6.07, 6.45) is 0.789. The summed E-state index contributed by atoms with van der Waals surface area (Å²) in [7, 11) is 0. The van der Waals surface area contributed by atoms with Crippen molar-refractivity contribution in [2.45, 2.75) is 20.8 Å². The Balaban J connectivity index is 3.15. The predicted molar refractivity (Wildman–Crippen MR) is 57.3 cm³/mol. The van der Waals surface area contributed by atoms with Gasteiger partial charge in [0.25, 0.3) is 0 Å². The summed E-state index contributed by atoms with van der Waals surface area (Å²) in [5.74, 6) is -0.337. The number of rotatable bonds is 3. The fourth-order valence-corrected chi connectivity index (χ4v) is 1.39. The van der Waals surface area contributed by atoms with Crippen molar-refractivity contribution >= 4 is 12.3 Å². The van der Waals surface area contributed by atoms with Gasteiger partial charge in [0.2, 0.25) is 0 Å². The molecule has 0 aliphatic heterocycles. The van der Waals surface area contributed by atoms with E-state index in [-0.39, 0.29) is 5.97 Å². The minimum Gasteiger partial charge on any atom is -0.462 e. The minimum absolute atomic E-state index is 0.337. The highest BCUT2D eigenvalue weighted by molar-refractivity contribution is 5.92. The number of benzene rings is 1. The molecule has 15 heavy (non-hydrogen) atoms. The molecular weight excluding hydrogens is 192 g/mol. The average molecular weight is 206 g/mol. The molecular formula is C12H14O3. The summed E-state index contributed by atoms with van der Waals surface area (Å²) in [6, 6.07) is 3.39. The van der Waals surface area contributed by atoms with Crippen LogP contribution in [0.25, 0.3) is 0 Å². The van der Waals surface area contributed by atoms with Crippen LogP contribution in [0.5, 0.6) is 0 Å². The van der Waals surface area contributed by atoms with E-state index in [1.165, 1.54) is 0 Å². The van der Waals surface area contributed by atoms with Gasteiger partial charge >= 0.3 is 5.97 Å². The van der Waals surface area contributed by atoms with Crippen LogP contribution in [0.15, 0.2) is 12.1 Å². The Morgan fingerprint density at radius 3 is 2.53 bits per heavy atom. The second-order valence-electron chi connectivity index (χ2n) is 3.36. The number of aryl methyl sites for hydroxylation is 2. The van der Waals surface area contributed by atoms with Gasteiger partial charge in [-0.15, -0.1) is 0 Å². The topological polar surface area (TPSA) is 43.4 Å². The molecule has 0 unspecified atom stereocenters. The monoisotopic (exact) mass is 206 g/mol. The first-order chi connectivity index (χ1) is 7.10. The highest BCUT2D eigenvalue weighted by Crippen LogP contribution is 2.15. The van der Waals surface area contributed by atoms with Crippen molar-refractivity contribution in [2.24, 2.45) is 0 Å². The van der Waals surface area contributed by atoms with Crippen LogP contribution in [-0.2, 0) is 4.74 Å². The zero-order valence-corrected chi connectivity index (χ0v) is 9.16. The van der Waals surface area contributed by atoms with E-state index in [1.807, 2.05) is 0 Å². The van der Waals surface area contributed by atoms with Crippen molar-refractivity contribution in [1.82, 2.24) is 0 Å². The molecule has 0 heterocycles. The largest absolute Gasteiger partial charge is 0.462 e. The molecule has 0 aliphatic carbocycles. The molecule has 1 rings (SSSR count). The summed E-state index contributed by atoms with van der Waals surface area (Å²) >= 11 is 0. The number of ether oxygens (including phenoxy) is 1. The van der Waals surface area contributed by atoms with E-state index in [0.717, 1.165) is 17.4 Å². The first-order valence-electron chi connectivity index (χ1n) is 4.83. The van der Waals surface area contributed by atoms with Gasteiger partial charge in [0.05, 0.1) is 12.2 Å². The Labute approximate surface area is 89.1 Å². The molecule has 0 saturated heterocycles. The molecule has 0 bridgehead atoms. The Morgan fingerprint density at radius 2 is 2.00 bits per heavy atom. The third-order valence-electron chi connectivity index (χ3n) is 2.24. The quantitative estimate of drug-likeness (QED) is 0.563. The molecule has 80 valence electrons. The number of esters is 1. The van der Waals surface area contributed by atoms with Crippen LogP contribution < -0.4 is 0 Å². The number of carbonyl (C=O) groups is 2. The van der Waals surface area contributed by atoms with Crippen LogP contribution in [0.4, 0.5) is 0 Å². The van der Waals surface area contributed by atoms with Crippen LogP contribution in [0, 0.1) is 13.8 Å². The van der Waals surface area contributed by atoms with Gasteiger partial charge in [-0.2, -0.15) is 0 Å². The highest BCUT2D eigenvalue weighted by Gasteiger charge is 2.11. The van der Waals surface area contributed by atoms with Crippen molar-refractivity contribution in [2.75, 3.05) is 6.61 Å². The maximum Gasteiger partial charge on any atom is 0.338 e. The number of aldehydes is 1. The third kappa shape index (κ3) is 2.43. The van der Waals surface area contributed by atoms with Crippen LogP contribution >= 0.6 is 0 Å². The Bertz CT molecular complexity index is 394. The van der Waals surface area contributed by atoms with Gasteiger partial charge in [-0.25, -0.2) is 4.79 Å².